The van der Waals surface area contributed by atoms with Gasteiger partial charge in [-0.25, -0.2) is 4.79 Å². The van der Waals surface area contributed by atoms with Crippen molar-refractivity contribution in [3.05, 3.63) is 35.5 Å². The molecule has 0 fully saturated rings. The smallest absolute Gasteiger partial charge is 0.361 e. The van der Waals surface area contributed by atoms with E-state index < -0.39 is 5.97 Å². The Kier molecular flexibility index (Phi) is 3.34. The van der Waals surface area contributed by atoms with Gasteiger partial charge in [-0.15, -0.1) is 5.10 Å². The lowest BCUT2D eigenvalue weighted by Crippen LogP contribution is -2.06. The second-order valence-corrected chi connectivity index (χ2v) is 3.43. The number of hydrogen-bond donors (Lipinski definition) is 1. The Morgan fingerprint density at radius 2 is 2.11 bits per heavy atom. The number of nitriles is 1. The summed E-state index contributed by atoms with van der Waals surface area (Å²) in [6.45, 7) is 2.00. The van der Waals surface area contributed by atoms with Crippen molar-refractivity contribution in [2.24, 2.45) is 0 Å². The number of benzene rings is 1. The molecule has 18 heavy (non-hydrogen) atoms. The Balaban J connectivity index is 2.36. The molecule has 6 heteroatoms. The van der Waals surface area contributed by atoms with Crippen molar-refractivity contribution in [3.63, 3.8) is 0 Å². The van der Waals surface area contributed by atoms with Crippen LogP contribution in [0, 0.1) is 11.3 Å². The molecule has 0 bridgehead atoms. The molecule has 6 nitrogen and oxygen atoms in total. The van der Waals surface area contributed by atoms with Crippen LogP contribution >= 0.6 is 0 Å². The maximum absolute atomic E-state index is 11.6. The Morgan fingerprint density at radius 3 is 2.72 bits per heavy atom. The van der Waals surface area contributed by atoms with Gasteiger partial charge in [0.05, 0.1) is 18.2 Å². The predicted molar refractivity (Wildman–Crippen MR) is 62.5 cm³/mol. The third-order valence-electron chi connectivity index (χ3n) is 2.30. The number of H-pyrrole nitrogens is 1. The van der Waals surface area contributed by atoms with Crippen molar-refractivity contribution in [1.82, 2.24) is 15.4 Å². The molecule has 0 aliphatic rings. The van der Waals surface area contributed by atoms with Gasteiger partial charge in [-0.1, -0.05) is 12.1 Å². The second-order valence-electron chi connectivity index (χ2n) is 3.43. The fourth-order valence-electron chi connectivity index (χ4n) is 1.48. The first-order valence-electron chi connectivity index (χ1n) is 5.34. The SMILES string of the molecule is CCOC(=O)c1n[nH]nc1-c1ccc(C#N)cc1. The van der Waals surface area contributed by atoms with Crippen LogP contribution < -0.4 is 0 Å². The van der Waals surface area contributed by atoms with Gasteiger partial charge in [0, 0.05) is 5.56 Å². The lowest BCUT2D eigenvalue weighted by Gasteiger charge is -2.01. The lowest BCUT2D eigenvalue weighted by molar-refractivity contribution is 0.0520. The van der Waals surface area contributed by atoms with Gasteiger partial charge in [0.15, 0.2) is 5.69 Å². The van der Waals surface area contributed by atoms with Gasteiger partial charge >= 0.3 is 5.97 Å². The van der Waals surface area contributed by atoms with Crippen LogP contribution in [0.3, 0.4) is 0 Å². The van der Waals surface area contributed by atoms with Crippen LogP contribution in [0.15, 0.2) is 24.3 Å². The Labute approximate surface area is 103 Å². The molecule has 1 aromatic carbocycles. The average molecular weight is 242 g/mol. The third kappa shape index (κ3) is 2.20. The number of esters is 1. The van der Waals surface area contributed by atoms with Crippen LogP contribution in [-0.2, 0) is 4.74 Å². The zero-order chi connectivity index (χ0) is 13.0. The van der Waals surface area contributed by atoms with Crippen molar-refractivity contribution >= 4 is 5.97 Å². The number of nitrogens with one attached hydrogen (secondary N) is 1. The Bertz CT molecular complexity index is 595. The molecule has 1 aromatic heterocycles. The van der Waals surface area contributed by atoms with E-state index in [1.807, 2.05) is 6.07 Å². The van der Waals surface area contributed by atoms with Crippen LogP contribution in [-0.4, -0.2) is 28.0 Å². The minimum Gasteiger partial charge on any atom is -0.461 e. The first-order chi connectivity index (χ1) is 8.76. The van der Waals surface area contributed by atoms with E-state index in [4.69, 9.17) is 10.00 Å². The molecule has 0 radical (unpaired) electrons. The molecule has 1 heterocycles. The van der Waals surface area contributed by atoms with Crippen molar-refractivity contribution < 1.29 is 9.53 Å². The van der Waals surface area contributed by atoms with Gasteiger partial charge in [0.2, 0.25) is 0 Å². The van der Waals surface area contributed by atoms with Gasteiger partial charge in [-0.2, -0.15) is 15.6 Å². The lowest BCUT2D eigenvalue weighted by atomic mass is 10.1. The van der Waals surface area contributed by atoms with E-state index in [1.165, 1.54) is 0 Å². The van der Waals surface area contributed by atoms with E-state index in [9.17, 15) is 4.79 Å². The quantitative estimate of drug-likeness (QED) is 0.824. The highest BCUT2D eigenvalue weighted by Gasteiger charge is 2.18. The summed E-state index contributed by atoms with van der Waals surface area (Å²) in [7, 11) is 0. The van der Waals surface area contributed by atoms with Crippen molar-refractivity contribution in [3.8, 4) is 17.3 Å². The van der Waals surface area contributed by atoms with Gasteiger partial charge in [-0.05, 0) is 19.1 Å². The van der Waals surface area contributed by atoms with Crippen LogP contribution in [0.2, 0.25) is 0 Å². The number of hydrogen-bond acceptors (Lipinski definition) is 5. The van der Waals surface area contributed by atoms with Gasteiger partial charge in [-0.3, -0.25) is 0 Å². The summed E-state index contributed by atoms with van der Waals surface area (Å²) in [5.74, 6) is -0.523. The van der Waals surface area contributed by atoms with E-state index in [0.29, 0.717) is 16.8 Å². The number of ether oxygens (including phenoxy) is 1. The highest BCUT2D eigenvalue weighted by molar-refractivity contribution is 5.93. The Morgan fingerprint density at radius 1 is 1.39 bits per heavy atom. The molecule has 0 unspecified atom stereocenters. The summed E-state index contributed by atoms with van der Waals surface area (Å²) in [5.41, 5.74) is 1.80. The molecular weight excluding hydrogens is 232 g/mol. The van der Waals surface area contributed by atoms with Crippen LogP contribution in [0.4, 0.5) is 0 Å². The number of carbonyl (C=O) groups is 1. The van der Waals surface area contributed by atoms with Gasteiger partial charge < -0.3 is 4.74 Å². The normalized spacial score (nSPS) is 9.78. The largest absolute Gasteiger partial charge is 0.461 e. The van der Waals surface area contributed by atoms with Crippen LogP contribution in [0.1, 0.15) is 23.0 Å². The maximum Gasteiger partial charge on any atom is 0.361 e. The molecule has 0 aliphatic carbocycles. The molecule has 0 aliphatic heterocycles. The molecule has 0 atom stereocenters. The molecule has 1 N–H and O–H groups in total. The molecule has 0 amide bonds. The number of rotatable bonds is 3. The summed E-state index contributed by atoms with van der Waals surface area (Å²) < 4.78 is 4.88. The van der Waals surface area contributed by atoms with Crippen LogP contribution in [0.5, 0.6) is 0 Å². The summed E-state index contributed by atoms with van der Waals surface area (Å²) in [4.78, 5) is 11.6. The van der Waals surface area contributed by atoms with E-state index in [-0.39, 0.29) is 12.3 Å². The van der Waals surface area contributed by atoms with Gasteiger partial charge in [0.1, 0.15) is 5.69 Å². The number of nitrogens with zero attached hydrogens (tertiary/aromatic N) is 3. The first-order valence-corrected chi connectivity index (χ1v) is 5.34. The zero-order valence-corrected chi connectivity index (χ0v) is 9.67. The highest BCUT2D eigenvalue weighted by Crippen LogP contribution is 2.20. The molecule has 0 saturated heterocycles. The fraction of sp³-hybridized carbons (Fsp3) is 0.167. The molecule has 0 saturated carbocycles. The monoisotopic (exact) mass is 242 g/mol. The topological polar surface area (TPSA) is 91.7 Å². The molecule has 90 valence electrons. The summed E-state index contributed by atoms with van der Waals surface area (Å²) in [6, 6.07) is 8.74. The number of aromatic nitrogens is 3. The second kappa shape index (κ2) is 5.10. The number of aromatic amines is 1. The minimum absolute atomic E-state index is 0.140. The van der Waals surface area contributed by atoms with Crippen molar-refractivity contribution in [2.75, 3.05) is 6.61 Å². The average Bonchev–Trinajstić information content (AvgIpc) is 2.88. The van der Waals surface area contributed by atoms with Gasteiger partial charge in [0.25, 0.3) is 0 Å². The maximum atomic E-state index is 11.6. The van der Waals surface area contributed by atoms with E-state index >= 15 is 0 Å². The molecule has 0 spiro atoms. The fourth-order valence-corrected chi connectivity index (χ4v) is 1.48. The first kappa shape index (κ1) is 11.8. The van der Waals surface area contributed by atoms with E-state index in [2.05, 4.69) is 15.4 Å². The van der Waals surface area contributed by atoms with Crippen molar-refractivity contribution in [2.45, 2.75) is 6.92 Å². The van der Waals surface area contributed by atoms with E-state index in [1.54, 1.807) is 31.2 Å². The summed E-state index contributed by atoms with van der Waals surface area (Å²) >= 11 is 0. The molecular formula is C12H10N4O2. The van der Waals surface area contributed by atoms with E-state index in [0.717, 1.165) is 0 Å². The molecule has 2 aromatic rings. The van der Waals surface area contributed by atoms with Crippen LogP contribution in [0.25, 0.3) is 11.3 Å². The highest BCUT2D eigenvalue weighted by atomic mass is 16.5. The Hall–Kier alpha value is -2.68. The summed E-state index contributed by atoms with van der Waals surface area (Å²) in [6.07, 6.45) is 0. The minimum atomic E-state index is -0.523. The number of carbonyl (C=O) groups excluding carboxylic acids is 1. The molecule has 2 rings (SSSR count). The van der Waals surface area contributed by atoms with Crippen molar-refractivity contribution in [1.29, 1.82) is 5.26 Å². The third-order valence-corrected chi connectivity index (χ3v) is 2.30. The standard InChI is InChI=1S/C12H10N4O2/c1-2-18-12(17)11-10(14-16-15-11)9-5-3-8(7-13)4-6-9/h3-6H,2H2,1H3,(H,14,15,16). The summed E-state index contributed by atoms with van der Waals surface area (Å²) in [5, 5.41) is 18.8. The predicted octanol–water partition coefficient (Wildman–Crippen LogP) is 1.52. The zero-order valence-electron chi connectivity index (χ0n) is 9.67.